The lowest BCUT2D eigenvalue weighted by molar-refractivity contribution is -0.113. The maximum Gasteiger partial charge on any atom is 0.234 e. The minimum absolute atomic E-state index is 0.118. The summed E-state index contributed by atoms with van der Waals surface area (Å²) in [6, 6.07) is 16.1. The van der Waals surface area contributed by atoms with E-state index in [-0.39, 0.29) is 11.7 Å². The van der Waals surface area contributed by atoms with Crippen molar-refractivity contribution >= 4 is 46.6 Å². The van der Waals surface area contributed by atoms with Crippen LogP contribution in [0.2, 0.25) is 10.0 Å². The largest absolute Gasteiger partial charge is 0.495 e. The Balaban J connectivity index is 1.53. The van der Waals surface area contributed by atoms with E-state index in [9.17, 15) is 4.79 Å². The molecule has 7 nitrogen and oxygen atoms in total. The molecule has 0 aliphatic rings. The van der Waals surface area contributed by atoms with Gasteiger partial charge in [-0.15, -0.1) is 10.2 Å². The summed E-state index contributed by atoms with van der Waals surface area (Å²) in [5.74, 6) is 1.81. The van der Waals surface area contributed by atoms with Crippen LogP contribution >= 0.6 is 35.0 Å². The van der Waals surface area contributed by atoms with Crippen molar-refractivity contribution in [2.45, 2.75) is 11.7 Å². The molecule has 4 rings (SSSR count). The van der Waals surface area contributed by atoms with Crippen LogP contribution < -0.4 is 10.1 Å². The molecular weight excluding hydrogens is 471 g/mol. The zero-order valence-corrected chi connectivity index (χ0v) is 19.2. The fraction of sp³-hybridized carbons (Fsp3) is 0.136. The van der Waals surface area contributed by atoms with Gasteiger partial charge in [-0.1, -0.05) is 35.0 Å². The molecule has 32 heavy (non-hydrogen) atoms. The van der Waals surface area contributed by atoms with E-state index in [2.05, 4.69) is 15.5 Å². The predicted molar refractivity (Wildman–Crippen MR) is 126 cm³/mol. The van der Waals surface area contributed by atoms with Crippen LogP contribution in [0.1, 0.15) is 5.76 Å². The molecule has 2 heterocycles. The number of thioether (sulfide) groups is 1. The SMILES string of the molecule is COc1ccc(Cl)cc1NC(=O)CSc1nnc(-c2ccc(Cl)cc2)n1Cc1ccco1. The van der Waals surface area contributed by atoms with Crippen molar-refractivity contribution in [2.75, 3.05) is 18.2 Å². The molecule has 0 saturated carbocycles. The molecule has 0 atom stereocenters. The molecule has 4 aromatic rings. The third kappa shape index (κ3) is 5.27. The van der Waals surface area contributed by atoms with Gasteiger partial charge in [0.2, 0.25) is 5.91 Å². The smallest absolute Gasteiger partial charge is 0.234 e. The predicted octanol–water partition coefficient (Wildman–Crippen LogP) is 5.63. The highest BCUT2D eigenvalue weighted by Gasteiger charge is 2.18. The van der Waals surface area contributed by atoms with Gasteiger partial charge in [-0.05, 0) is 54.6 Å². The van der Waals surface area contributed by atoms with Gasteiger partial charge in [-0.3, -0.25) is 9.36 Å². The molecule has 1 N–H and O–H groups in total. The van der Waals surface area contributed by atoms with E-state index < -0.39 is 0 Å². The number of anilines is 1. The first-order valence-corrected chi connectivity index (χ1v) is 11.3. The number of nitrogens with zero attached hydrogens (tertiary/aromatic N) is 3. The van der Waals surface area contributed by atoms with Crippen molar-refractivity contribution in [3.63, 3.8) is 0 Å². The third-order valence-electron chi connectivity index (χ3n) is 4.48. The summed E-state index contributed by atoms with van der Waals surface area (Å²) in [5, 5.41) is 13.2. The van der Waals surface area contributed by atoms with Gasteiger partial charge in [-0.2, -0.15) is 0 Å². The molecule has 0 aliphatic carbocycles. The fourth-order valence-electron chi connectivity index (χ4n) is 3.00. The van der Waals surface area contributed by atoms with Crippen LogP contribution in [0.5, 0.6) is 5.75 Å². The van der Waals surface area contributed by atoms with Gasteiger partial charge >= 0.3 is 0 Å². The fourth-order valence-corrected chi connectivity index (χ4v) is 4.04. The number of hydrogen-bond donors (Lipinski definition) is 1. The van der Waals surface area contributed by atoms with Crippen LogP contribution in [0.25, 0.3) is 11.4 Å². The van der Waals surface area contributed by atoms with Crippen molar-refractivity contribution < 1.29 is 13.9 Å². The number of rotatable bonds is 8. The minimum Gasteiger partial charge on any atom is -0.495 e. The molecule has 10 heteroatoms. The van der Waals surface area contributed by atoms with Crippen LogP contribution in [0.4, 0.5) is 5.69 Å². The maximum atomic E-state index is 12.6. The Morgan fingerprint density at radius 3 is 2.62 bits per heavy atom. The molecular formula is C22H18Cl2N4O3S. The van der Waals surface area contributed by atoms with E-state index in [4.69, 9.17) is 32.4 Å². The van der Waals surface area contributed by atoms with Gasteiger partial charge in [0.15, 0.2) is 11.0 Å². The van der Waals surface area contributed by atoms with Crippen LogP contribution in [-0.2, 0) is 11.3 Å². The number of carbonyl (C=O) groups is 1. The van der Waals surface area contributed by atoms with E-state index >= 15 is 0 Å². The van der Waals surface area contributed by atoms with Gasteiger partial charge in [0.1, 0.15) is 11.5 Å². The second kappa shape index (κ2) is 10.1. The van der Waals surface area contributed by atoms with E-state index in [1.807, 2.05) is 28.8 Å². The number of aromatic nitrogens is 3. The maximum absolute atomic E-state index is 12.6. The first-order chi connectivity index (χ1) is 15.5. The first-order valence-electron chi connectivity index (χ1n) is 9.51. The Hall–Kier alpha value is -2.94. The molecule has 0 bridgehead atoms. The van der Waals surface area contributed by atoms with Crippen LogP contribution in [0.3, 0.4) is 0 Å². The molecule has 0 fully saturated rings. The number of hydrogen-bond acceptors (Lipinski definition) is 6. The number of furan rings is 1. The Bertz CT molecular complexity index is 1210. The molecule has 164 valence electrons. The molecule has 0 saturated heterocycles. The van der Waals surface area contributed by atoms with Crippen molar-refractivity contribution in [1.29, 1.82) is 0 Å². The van der Waals surface area contributed by atoms with E-state index in [0.29, 0.717) is 39.0 Å². The molecule has 1 amide bonds. The van der Waals surface area contributed by atoms with E-state index in [1.54, 1.807) is 36.6 Å². The lowest BCUT2D eigenvalue weighted by Gasteiger charge is -2.11. The summed E-state index contributed by atoms with van der Waals surface area (Å²) in [4.78, 5) is 12.6. The van der Waals surface area contributed by atoms with Crippen LogP contribution in [-0.4, -0.2) is 33.5 Å². The molecule has 0 unspecified atom stereocenters. The van der Waals surface area contributed by atoms with Gasteiger partial charge in [0, 0.05) is 15.6 Å². The van der Waals surface area contributed by atoms with E-state index in [1.165, 1.54) is 18.9 Å². The minimum atomic E-state index is -0.226. The Labute approximate surface area is 198 Å². The monoisotopic (exact) mass is 488 g/mol. The summed E-state index contributed by atoms with van der Waals surface area (Å²) in [5.41, 5.74) is 1.36. The van der Waals surface area contributed by atoms with Crippen molar-refractivity contribution in [2.24, 2.45) is 0 Å². The molecule has 2 aromatic heterocycles. The number of benzene rings is 2. The number of ether oxygens (including phenoxy) is 1. The standard InChI is InChI=1S/C22H18Cl2N4O3S/c1-30-19-9-8-16(24)11-18(19)25-20(29)13-32-22-27-26-21(14-4-6-15(23)7-5-14)28(22)12-17-3-2-10-31-17/h2-11H,12-13H2,1H3,(H,25,29). The highest BCUT2D eigenvalue weighted by Crippen LogP contribution is 2.29. The van der Waals surface area contributed by atoms with Gasteiger partial charge < -0.3 is 14.5 Å². The second-order valence-corrected chi connectivity index (χ2v) is 8.48. The Morgan fingerprint density at radius 2 is 1.91 bits per heavy atom. The summed E-state index contributed by atoms with van der Waals surface area (Å²) >= 11 is 13.3. The van der Waals surface area contributed by atoms with Crippen molar-refractivity contribution in [3.05, 3.63) is 76.7 Å². The zero-order chi connectivity index (χ0) is 22.5. The quantitative estimate of drug-likeness (QED) is 0.323. The number of halogens is 2. The second-order valence-electron chi connectivity index (χ2n) is 6.66. The molecule has 2 aromatic carbocycles. The molecule has 0 aliphatic heterocycles. The van der Waals surface area contributed by atoms with Gasteiger partial charge in [0.05, 0.1) is 31.4 Å². The van der Waals surface area contributed by atoms with Gasteiger partial charge in [0.25, 0.3) is 0 Å². The first kappa shape index (κ1) is 22.3. The average Bonchev–Trinajstić information content (AvgIpc) is 3.44. The summed E-state index contributed by atoms with van der Waals surface area (Å²) in [6.45, 7) is 0.421. The van der Waals surface area contributed by atoms with Crippen molar-refractivity contribution in [3.8, 4) is 17.1 Å². The molecule has 0 spiro atoms. The topological polar surface area (TPSA) is 82.2 Å². The average molecular weight is 489 g/mol. The van der Waals surface area contributed by atoms with Crippen LogP contribution in [0, 0.1) is 0 Å². The summed E-state index contributed by atoms with van der Waals surface area (Å²) < 4.78 is 12.7. The summed E-state index contributed by atoms with van der Waals surface area (Å²) in [6.07, 6.45) is 1.61. The number of methoxy groups -OCH3 is 1. The zero-order valence-electron chi connectivity index (χ0n) is 16.9. The lowest BCUT2D eigenvalue weighted by Crippen LogP contribution is -2.15. The van der Waals surface area contributed by atoms with Crippen molar-refractivity contribution in [1.82, 2.24) is 14.8 Å². The number of nitrogens with one attached hydrogen (secondary N) is 1. The highest BCUT2D eigenvalue weighted by atomic mass is 35.5. The van der Waals surface area contributed by atoms with E-state index in [0.717, 1.165) is 11.3 Å². The Kier molecular flexibility index (Phi) is 7.04. The number of carbonyl (C=O) groups excluding carboxylic acids is 1. The normalized spacial score (nSPS) is 10.8. The molecule has 0 radical (unpaired) electrons. The summed E-state index contributed by atoms with van der Waals surface area (Å²) in [7, 11) is 1.53. The van der Waals surface area contributed by atoms with Crippen LogP contribution in [0.15, 0.2) is 70.4 Å². The Morgan fingerprint density at radius 1 is 1.12 bits per heavy atom. The third-order valence-corrected chi connectivity index (χ3v) is 5.94. The number of amides is 1. The lowest BCUT2D eigenvalue weighted by atomic mass is 10.2. The highest BCUT2D eigenvalue weighted by molar-refractivity contribution is 7.99. The van der Waals surface area contributed by atoms with Gasteiger partial charge in [-0.25, -0.2) is 0 Å².